The van der Waals surface area contributed by atoms with Gasteiger partial charge in [-0.1, -0.05) is 25.4 Å². The number of carbonyl (C=O) groups is 3. The molecular weight excluding hydrogens is 550 g/mol. The lowest BCUT2D eigenvalue weighted by atomic mass is 9.70. The monoisotopic (exact) mass is 585 g/mol. The molecule has 3 amide bonds. The van der Waals surface area contributed by atoms with Crippen molar-refractivity contribution in [2.24, 2.45) is 17.8 Å². The van der Waals surface area contributed by atoms with Crippen molar-refractivity contribution in [2.45, 2.75) is 62.1 Å². The summed E-state index contributed by atoms with van der Waals surface area (Å²) in [7, 11) is 0. The van der Waals surface area contributed by atoms with E-state index in [1.54, 1.807) is 65.2 Å². The van der Waals surface area contributed by atoms with Crippen LogP contribution in [-0.4, -0.2) is 63.0 Å². The first-order valence-corrected chi connectivity index (χ1v) is 15.1. The number of hydrogen-bond acceptors (Lipinski definition) is 6. The van der Waals surface area contributed by atoms with E-state index in [2.05, 4.69) is 10.6 Å². The molecule has 5 rings (SSSR count). The van der Waals surface area contributed by atoms with Crippen molar-refractivity contribution in [1.29, 1.82) is 0 Å². The molecule has 214 valence electrons. The van der Waals surface area contributed by atoms with Gasteiger partial charge in [0.2, 0.25) is 17.7 Å². The average molecular weight is 586 g/mol. The number of benzene rings is 2. The van der Waals surface area contributed by atoms with Crippen molar-refractivity contribution in [1.82, 2.24) is 4.90 Å². The quantitative estimate of drug-likeness (QED) is 0.369. The van der Waals surface area contributed by atoms with Crippen molar-refractivity contribution in [3.05, 3.63) is 53.6 Å². The first-order chi connectivity index (χ1) is 19.2. The minimum absolute atomic E-state index is 0.0673. The smallest absolute Gasteiger partial charge is 0.248 e. The van der Waals surface area contributed by atoms with Crippen LogP contribution in [0.2, 0.25) is 5.02 Å². The van der Waals surface area contributed by atoms with Crippen LogP contribution in [0.5, 0.6) is 5.75 Å². The SMILES string of the molecule is CCOc1ccc(NC(=O)[C@@H]2[C@@H]3CCC4(S3)C(C(=O)Nc3ccc(Cl)cc3)N([C@@H](CO)CC(C)C)C(=O)[C@H]24)cc1. The van der Waals surface area contributed by atoms with Crippen molar-refractivity contribution in [3.8, 4) is 5.75 Å². The minimum Gasteiger partial charge on any atom is -0.494 e. The maximum atomic E-state index is 14.3. The Labute approximate surface area is 244 Å². The lowest BCUT2D eigenvalue weighted by Gasteiger charge is -2.37. The van der Waals surface area contributed by atoms with E-state index < -0.39 is 28.7 Å². The predicted molar refractivity (Wildman–Crippen MR) is 158 cm³/mol. The first kappa shape index (κ1) is 28.8. The molecule has 3 aliphatic heterocycles. The summed E-state index contributed by atoms with van der Waals surface area (Å²) in [6.07, 6.45) is 1.94. The topological polar surface area (TPSA) is 108 Å². The number of rotatable bonds is 10. The number of thioether (sulfide) groups is 1. The molecule has 3 N–H and O–H groups in total. The number of amides is 3. The Balaban J connectivity index is 1.46. The molecule has 10 heteroatoms. The molecule has 3 fully saturated rings. The maximum absolute atomic E-state index is 14.3. The van der Waals surface area contributed by atoms with Crippen LogP contribution in [-0.2, 0) is 14.4 Å². The molecule has 1 spiro atoms. The van der Waals surface area contributed by atoms with Gasteiger partial charge in [0.15, 0.2) is 0 Å². The fourth-order valence-corrected chi connectivity index (χ4v) is 9.01. The minimum atomic E-state index is -0.810. The Morgan fingerprint density at radius 3 is 2.33 bits per heavy atom. The van der Waals surface area contributed by atoms with Gasteiger partial charge in [0.05, 0.1) is 35.8 Å². The van der Waals surface area contributed by atoms with Crippen LogP contribution in [0, 0.1) is 17.8 Å². The molecule has 6 atom stereocenters. The summed E-state index contributed by atoms with van der Waals surface area (Å²) >= 11 is 7.64. The van der Waals surface area contributed by atoms with E-state index in [9.17, 15) is 19.5 Å². The van der Waals surface area contributed by atoms with E-state index in [-0.39, 0.29) is 35.5 Å². The number of halogens is 1. The predicted octanol–water partition coefficient (Wildman–Crippen LogP) is 4.81. The number of aliphatic hydroxyl groups is 1. The Kier molecular flexibility index (Phi) is 8.36. The fourth-order valence-electron chi connectivity index (χ4n) is 6.67. The number of fused-ring (bicyclic) bond motifs is 1. The van der Waals surface area contributed by atoms with Crippen LogP contribution >= 0.6 is 23.4 Å². The second-order valence-electron chi connectivity index (χ2n) is 11.2. The number of nitrogens with zero attached hydrogens (tertiary/aromatic N) is 1. The molecule has 8 nitrogen and oxygen atoms in total. The number of likely N-dealkylation sites (tertiary alicyclic amines) is 1. The maximum Gasteiger partial charge on any atom is 0.248 e. The largest absolute Gasteiger partial charge is 0.494 e. The summed E-state index contributed by atoms with van der Waals surface area (Å²) < 4.78 is 4.75. The summed E-state index contributed by atoms with van der Waals surface area (Å²) in [4.78, 5) is 43.6. The zero-order valence-corrected chi connectivity index (χ0v) is 24.5. The van der Waals surface area contributed by atoms with Crippen molar-refractivity contribution in [2.75, 3.05) is 23.8 Å². The van der Waals surface area contributed by atoms with Gasteiger partial charge in [-0.15, -0.1) is 11.8 Å². The Bertz CT molecular complexity index is 1260. The second kappa shape index (κ2) is 11.6. The fraction of sp³-hybridized carbons (Fsp3) is 0.500. The normalized spacial score (nSPS) is 27.6. The van der Waals surface area contributed by atoms with Crippen LogP contribution in [0.4, 0.5) is 11.4 Å². The highest BCUT2D eigenvalue weighted by Gasteiger charge is 2.74. The third-order valence-electron chi connectivity index (χ3n) is 8.18. The molecule has 3 saturated heterocycles. The van der Waals surface area contributed by atoms with E-state index in [0.717, 1.165) is 6.42 Å². The highest BCUT2D eigenvalue weighted by atomic mass is 35.5. The van der Waals surface area contributed by atoms with Gasteiger partial charge in [0.1, 0.15) is 11.8 Å². The highest BCUT2D eigenvalue weighted by Crippen LogP contribution is 2.66. The van der Waals surface area contributed by atoms with E-state index in [0.29, 0.717) is 41.6 Å². The van der Waals surface area contributed by atoms with E-state index in [4.69, 9.17) is 16.3 Å². The zero-order chi connectivity index (χ0) is 28.6. The van der Waals surface area contributed by atoms with E-state index in [1.807, 2.05) is 20.8 Å². The van der Waals surface area contributed by atoms with Crippen LogP contribution in [0.1, 0.15) is 40.0 Å². The summed E-state index contributed by atoms with van der Waals surface area (Å²) in [5.41, 5.74) is 1.20. The zero-order valence-electron chi connectivity index (χ0n) is 22.9. The number of ether oxygens (including phenoxy) is 1. The third-order valence-corrected chi connectivity index (χ3v) is 10.4. The van der Waals surface area contributed by atoms with Crippen molar-refractivity contribution in [3.63, 3.8) is 0 Å². The molecule has 2 bridgehead atoms. The van der Waals surface area contributed by atoms with Gasteiger partial charge in [0.25, 0.3) is 0 Å². The Morgan fingerprint density at radius 2 is 1.73 bits per heavy atom. The van der Waals surface area contributed by atoms with Gasteiger partial charge < -0.3 is 25.4 Å². The van der Waals surface area contributed by atoms with Gasteiger partial charge in [0, 0.05) is 21.6 Å². The summed E-state index contributed by atoms with van der Waals surface area (Å²) in [5.74, 6) is -1.06. The number of carbonyl (C=O) groups excluding carboxylic acids is 3. The van der Waals surface area contributed by atoms with Gasteiger partial charge in [-0.3, -0.25) is 14.4 Å². The van der Waals surface area contributed by atoms with E-state index in [1.165, 1.54) is 0 Å². The molecule has 0 aromatic heterocycles. The number of hydrogen-bond donors (Lipinski definition) is 3. The van der Waals surface area contributed by atoms with Crippen LogP contribution < -0.4 is 15.4 Å². The molecule has 3 aliphatic rings. The number of nitrogens with one attached hydrogen (secondary N) is 2. The third kappa shape index (κ3) is 5.19. The van der Waals surface area contributed by atoms with Gasteiger partial charge >= 0.3 is 0 Å². The summed E-state index contributed by atoms with van der Waals surface area (Å²) in [5, 5.41) is 16.9. The van der Waals surface area contributed by atoms with Crippen molar-refractivity contribution < 1.29 is 24.2 Å². The Morgan fingerprint density at radius 1 is 1.10 bits per heavy atom. The molecule has 2 aromatic carbocycles. The molecule has 40 heavy (non-hydrogen) atoms. The van der Waals surface area contributed by atoms with E-state index >= 15 is 0 Å². The van der Waals surface area contributed by atoms with Gasteiger partial charge in [-0.05, 0) is 80.6 Å². The van der Waals surface area contributed by atoms with Gasteiger partial charge in [-0.2, -0.15) is 0 Å². The highest BCUT2D eigenvalue weighted by molar-refractivity contribution is 8.02. The molecule has 0 radical (unpaired) electrons. The molecule has 3 heterocycles. The molecule has 2 aromatic rings. The average Bonchev–Trinajstić information content (AvgIpc) is 3.57. The number of anilines is 2. The lowest BCUT2D eigenvalue weighted by molar-refractivity contribution is -0.141. The summed E-state index contributed by atoms with van der Waals surface area (Å²) in [6, 6.07) is 12.7. The van der Waals surface area contributed by atoms with Crippen molar-refractivity contribution >= 4 is 52.5 Å². The van der Waals surface area contributed by atoms with Crippen LogP contribution in [0.3, 0.4) is 0 Å². The molecular formula is C30H36ClN3O5S. The standard InChI is InChI=1S/C30H36ClN3O5S/c1-4-39-22-11-9-20(10-12-22)32-27(36)24-23-13-14-30(40-23)25(24)29(38)34(21(16-35)15-17(2)3)26(30)28(37)33-19-7-5-18(31)6-8-19/h5-12,17,21,23-26,35H,4,13-16H2,1-3H3,(H,32,36)(H,33,37)/t21-,23+,24-,25+,26?,30?/m1/s1. The number of aliphatic hydroxyl groups excluding tert-OH is 1. The molecule has 0 saturated carbocycles. The summed E-state index contributed by atoms with van der Waals surface area (Å²) in [6.45, 7) is 6.25. The van der Waals surface area contributed by atoms with Gasteiger partial charge in [-0.25, -0.2) is 0 Å². The first-order valence-electron chi connectivity index (χ1n) is 13.9. The lowest BCUT2D eigenvalue weighted by Crippen LogP contribution is -2.55. The molecule has 2 unspecified atom stereocenters. The molecule has 0 aliphatic carbocycles. The van der Waals surface area contributed by atoms with Crippen LogP contribution in [0.15, 0.2) is 48.5 Å². The Hall–Kier alpha value is -2.75. The van der Waals surface area contributed by atoms with Crippen LogP contribution in [0.25, 0.3) is 0 Å². The second-order valence-corrected chi connectivity index (χ2v) is 13.2.